The van der Waals surface area contributed by atoms with Gasteiger partial charge in [0.25, 0.3) is 0 Å². The van der Waals surface area contributed by atoms with E-state index in [1.807, 2.05) is 27.7 Å². The highest BCUT2D eigenvalue weighted by atomic mass is 127. The molecule has 7 heteroatoms. The molecule has 154 valence electrons. The minimum Gasteiger partial charge on any atom is -0.376 e. The minimum absolute atomic E-state index is 0. The molecule has 0 aromatic rings. The number of hydrogen-bond acceptors (Lipinski definition) is 3. The van der Waals surface area contributed by atoms with Crippen LogP contribution in [0.25, 0.3) is 0 Å². The zero-order valence-corrected chi connectivity index (χ0v) is 19.4. The van der Waals surface area contributed by atoms with Gasteiger partial charge in [-0.2, -0.15) is 0 Å². The lowest BCUT2D eigenvalue weighted by Gasteiger charge is -2.22. The van der Waals surface area contributed by atoms with Crippen LogP contribution in [0.5, 0.6) is 0 Å². The Balaban J connectivity index is 0.00000625. The lowest BCUT2D eigenvalue weighted by atomic mass is 9.92. The summed E-state index contributed by atoms with van der Waals surface area (Å²) in [5, 5.41) is 9.39. The molecule has 1 fully saturated rings. The maximum atomic E-state index is 12.1. The van der Waals surface area contributed by atoms with Crippen molar-refractivity contribution in [2.45, 2.75) is 72.3 Å². The van der Waals surface area contributed by atoms with Crippen molar-refractivity contribution in [2.24, 2.45) is 10.4 Å². The molecule has 0 radical (unpaired) electrons. The molecule has 0 atom stereocenters. The van der Waals surface area contributed by atoms with E-state index < -0.39 is 5.41 Å². The zero-order chi connectivity index (χ0) is 18.5. The van der Waals surface area contributed by atoms with Crippen LogP contribution in [0.3, 0.4) is 0 Å². The summed E-state index contributed by atoms with van der Waals surface area (Å²) in [7, 11) is 0. The third-order valence-corrected chi connectivity index (χ3v) is 4.48. The van der Waals surface area contributed by atoms with E-state index in [2.05, 4.69) is 20.9 Å². The van der Waals surface area contributed by atoms with Gasteiger partial charge in [0.1, 0.15) is 0 Å². The van der Waals surface area contributed by atoms with Crippen molar-refractivity contribution in [3.8, 4) is 0 Å². The molecule has 1 saturated carbocycles. The molecule has 0 saturated heterocycles. The molecule has 3 N–H and O–H groups in total. The van der Waals surface area contributed by atoms with Gasteiger partial charge >= 0.3 is 0 Å². The Morgan fingerprint density at radius 2 is 1.65 bits per heavy atom. The van der Waals surface area contributed by atoms with Crippen LogP contribution < -0.4 is 16.0 Å². The normalized spacial score (nSPS) is 16.4. The van der Waals surface area contributed by atoms with Crippen molar-refractivity contribution in [2.75, 3.05) is 32.8 Å². The molecule has 0 unspecified atom stereocenters. The number of amides is 1. The Bertz CT molecular complexity index is 408. The molecule has 0 heterocycles. The van der Waals surface area contributed by atoms with E-state index in [1.165, 1.54) is 38.5 Å². The smallest absolute Gasteiger partial charge is 0.227 e. The molecule has 1 aliphatic rings. The third kappa shape index (κ3) is 10.5. The molecule has 0 aromatic carbocycles. The van der Waals surface area contributed by atoms with Crippen molar-refractivity contribution in [1.29, 1.82) is 0 Å². The van der Waals surface area contributed by atoms with Gasteiger partial charge in [-0.25, -0.2) is 0 Å². The van der Waals surface area contributed by atoms with Crippen molar-refractivity contribution in [1.82, 2.24) is 16.0 Å². The molecule has 1 amide bonds. The average molecular weight is 482 g/mol. The number of nitrogens with one attached hydrogen (secondary N) is 3. The van der Waals surface area contributed by atoms with E-state index in [0.717, 1.165) is 19.0 Å². The first-order valence-electron chi connectivity index (χ1n) is 9.91. The molecule has 6 nitrogen and oxygen atoms in total. The van der Waals surface area contributed by atoms with Crippen LogP contribution in [0.15, 0.2) is 4.99 Å². The maximum Gasteiger partial charge on any atom is 0.227 e. The Morgan fingerprint density at radius 3 is 2.23 bits per heavy atom. The van der Waals surface area contributed by atoms with Gasteiger partial charge in [0.2, 0.25) is 5.91 Å². The first-order valence-corrected chi connectivity index (χ1v) is 9.91. The van der Waals surface area contributed by atoms with E-state index in [0.29, 0.717) is 25.8 Å². The number of ether oxygens (including phenoxy) is 1. The SMILES string of the molecule is CCNC(=O)C(C)(C)CN=C(NCC)NCCOC1CCCCCC1.I. The summed E-state index contributed by atoms with van der Waals surface area (Å²) >= 11 is 0. The van der Waals surface area contributed by atoms with Crippen LogP contribution in [0.4, 0.5) is 0 Å². The summed E-state index contributed by atoms with van der Waals surface area (Å²) in [5.41, 5.74) is -0.519. The lowest BCUT2D eigenvalue weighted by Crippen LogP contribution is -2.42. The van der Waals surface area contributed by atoms with Crippen molar-refractivity contribution in [3.05, 3.63) is 0 Å². The maximum absolute atomic E-state index is 12.1. The number of rotatable bonds is 9. The summed E-state index contributed by atoms with van der Waals surface area (Å²) < 4.78 is 6.00. The summed E-state index contributed by atoms with van der Waals surface area (Å²) in [6.45, 7) is 11.1. The summed E-state index contributed by atoms with van der Waals surface area (Å²) in [6, 6.07) is 0. The number of halogens is 1. The molecule has 1 rings (SSSR count). The fourth-order valence-corrected chi connectivity index (χ4v) is 2.89. The number of carbonyl (C=O) groups excluding carboxylic acids is 1. The molecule has 0 aromatic heterocycles. The molecular formula is C19H39IN4O2. The summed E-state index contributed by atoms with van der Waals surface area (Å²) in [5.74, 6) is 0.774. The van der Waals surface area contributed by atoms with Gasteiger partial charge in [0, 0.05) is 19.6 Å². The monoisotopic (exact) mass is 482 g/mol. The number of nitrogens with zero attached hydrogens (tertiary/aromatic N) is 1. The van der Waals surface area contributed by atoms with E-state index in [9.17, 15) is 4.79 Å². The van der Waals surface area contributed by atoms with E-state index in [-0.39, 0.29) is 29.9 Å². The van der Waals surface area contributed by atoms with Gasteiger partial charge < -0.3 is 20.7 Å². The highest BCUT2D eigenvalue weighted by molar-refractivity contribution is 14.0. The second-order valence-corrected chi connectivity index (χ2v) is 7.35. The van der Waals surface area contributed by atoms with E-state index in [4.69, 9.17) is 4.74 Å². The van der Waals surface area contributed by atoms with Crippen LogP contribution >= 0.6 is 24.0 Å². The molecule has 0 spiro atoms. The summed E-state index contributed by atoms with van der Waals surface area (Å²) in [6.07, 6.45) is 8.06. The van der Waals surface area contributed by atoms with E-state index >= 15 is 0 Å². The number of carbonyl (C=O) groups is 1. The molecule has 26 heavy (non-hydrogen) atoms. The second kappa shape index (κ2) is 14.5. The molecule has 0 bridgehead atoms. The first-order chi connectivity index (χ1) is 12.0. The highest BCUT2D eigenvalue weighted by Gasteiger charge is 2.26. The fraction of sp³-hybridized carbons (Fsp3) is 0.895. The Kier molecular flexibility index (Phi) is 14.2. The number of aliphatic imine (C=N–C) groups is 1. The van der Waals surface area contributed by atoms with Crippen molar-refractivity contribution < 1.29 is 9.53 Å². The van der Waals surface area contributed by atoms with Crippen molar-refractivity contribution in [3.63, 3.8) is 0 Å². The van der Waals surface area contributed by atoms with Gasteiger partial charge in [-0.1, -0.05) is 25.7 Å². The van der Waals surface area contributed by atoms with Gasteiger partial charge in [-0.05, 0) is 40.5 Å². The van der Waals surface area contributed by atoms with Gasteiger partial charge in [-0.3, -0.25) is 9.79 Å². The van der Waals surface area contributed by atoms with Gasteiger partial charge in [-0.15, -0.1) is 24.0 Å². The standard InChI is InChI=1S/C19H38N4O2.HI/c1-5-20-17(24)19(3,4)15-23-18(21-6-2)22-13-14-25-16-11-9-7-8-10-12-16;/h16H,5-15H2,1-4H3,(H,20,24)(H2,21,22,23);1H. The fourth-order valence-electron chi connectivity index (χ4n) is 2.89. The Morgan fingerprint density at radius 1 is 1.04 bits per heavy atom. The minimum atomic E-state index is -0.519. The van der Waals surface area contributed by atoms with Crippen LogP contribution in [0, 0.1) is 5.41 Å². The quantitative estimate of drug-likeness (QED) is 0.155. The Labute approximate surface area is 176 Å². The molecular weight excluding hydrogens is 443 g/mol. The average Bonchev–Trinajstić information content (AvgIpc) is 2.85. The summed E-state index contributed by atoms with van der Waals surface area (Å²) in [4.78, 5) is 16.6. The highest BCUT2D eigenvalue weighted by Crippen LogP contribution is 2.19. The zero-order valence-electron chi connectivity index (χ0n) is 17.0. The predicted molar refractivity (Wildman–Crippen MR) is 119 cm³/mol. The number of guanidine groups is 1. The number of hydrogen-bond donors (Lipinski definition) is 3. The Hall–Kier alpha value is -0.570. The van der Waals surface area contributed by atoms with Gasteiger partial charge in [0.05, 0.1) is 24.7 Å². The van der Waals surface area contributed by atoms with E-state index in [1.54, 1.807) is 0 Å². The molecule has 1 aliphatic carbocycles. The van der Waals surface area contributed by atoms with Crippen LogP contribution in [-0.4, -0.2) is 50.8 Å². The third-order valence-electron chi connectivity index (χ3n) is 4.48. The van der Waals surface area contributed by atoms with Crippen LogP contribution in [0.2, 0.25) is 0 Å². The second-order valence-electron chi connectivity index (χ2n) is 7.35. The predicted octanol–water partition coefficient (Wildman–Crippen LogP) is 3.06. The molecule has 0 aliphatic heterocycles. The van der Waals surface area contributed by atoms with Crippen molar-refractivity contribution >= 4 is 35.8 Å². The first kappa shape index (κ1) is 25.4. The van der Waals surface area contributed by atoms with Crippen LogP contribution in [-0.2, 0) is 9.53 Å². The topological polar surface area (TPSA) is 74.8 Å². The lowest BCUT2D eigenvalue weighted by molar-refractivity contribution is -0.128. The van der Waals surface area contributed by atoms with Gasteiger partial charge in [0.15, 0.2) is 5.96 Å². The van der Waals surface area contributed by atoms with Crippen LogP contribution in [0.1, 0.15) is 66.2 Å². The largest absolute Gasteiger partial charge is 0.376 e.